The maximum Gasteiger partial charge on any atom is 0.319 e. The third-order valence-electron chi connectivity index (χ3n) is 4.19. The van der Waals surface area contributed by atoms with Crippen molar-refractivity contribution in [2.45, 2.75) is 13.1 Å². The van der Waals surface area contributed by atoms with Crippen molar-refractivity contribution in [3.8, 4) is 5.75 Å². The van der Waals surface area contributed by atoms with Crippen LogP contribution in [0.3, 0.4) is 0 Å². The second-order valence-electron chi connectivity index (χ2n) is 5.98. The first-order chi connectivity index (χ1) is 12.2. The van der Waals surface area contributed by atoms with Crippen LogP contribution in [0.15, 0.2) is 48.5 Å². The lowest BCUT2D eigenvalue weighted by atomic mass is 10.1. The molecule has 0 atom stereocenters. The number of morpholine rings is 1. The van der Waals surface area contributed by atoms with Crippen LogP contribution in [0, 0.1) is 0 Å². The predicted octanol–water partition coefficient (Wildman–Crippen LogP) is 2.55. The van der Waals surface area contributed by atoms with Crippen LogP contribution in [0.2, 0.25) is 0 Å². The number of nitrogens with zero attached hydrogens (tertiary/aromatic N) is 1. The quantitative estimate of drug-likeness (QED) is 0.781. The van der Waals surface area contributed by atoms with Gasteiger partial charge in [0.1, 0.15) is 5.75 Å². The van der Waals surface area contributed by atoms with E-state index in [0.29, 0.717) is 5.56 Å². The van der Waals surface area contributed by atoms with Gasteiger partial charge in [-0.15, -0.1) is 0 Å². The van der Waals surface area contributed by atoms with Crippen LogP contribution in [0.4, 0.5) is 10.5 Å². The van der Waals surface area contributed by atoms with E-state index in [1.54, 1.807) is 18.2 Å². The van der Waals surface area contributed by atoms with E-state index >= 15 is 0 Å². The molecule has 132 valence electrons. The third-order valence-corrected chi connectivity index (χ3v) is 4.19. The van der Waals surface area contributed by atoms with Crippen LogP contribution < -0.4 is 10.6 Å². The summed E-state index contributed by atoms with van der Waals surface area (Å²) in [6, 6.07) is 14.5. The summed E-state index contributed by atoms with van der Waals surface area (Å²) in [5, 5.41) is 15.4. The molecule has 0 bridgehead atoms. The molecule has 0 aromatic heterocycles. The number of benzene rings is 2. The Morgan fingerprint density at radius 3 is 2.48 bits per heavy atom. The molecule has 2 aromatic carbocycles. The molecule has 6 nitrogen and oxygen atoms in total. The van der Waals surface area contributed by atoms with Crippen molar-refractivity contribution in [2.24, 2.45) is 0 Å². The Morgan fingerprint density at radius 1 is 1.04 bits per heavy atom. The summed E-state index contributed by atoms with van der Waals surface area (Å²) >= 11 is 0. The highest BCUT2D eigenvalue weighted by atomic mass is 16.5. The number of hydrogen-bond acceptors (Lipinski definition) is 4. The molecule has 0 saturated carbocycles. The number of ether oxygens (including phenoxy) is 1. The Bertz CT molecular complexity index is 715. The van der Waals surface area contributed by atoms with Crippen LogP contribution in [0.1, 0.15) is 11.1 Å². The minimum Gasteiger partial charge on any atom is -0.508 e. The normalized spacial score (nSPS) is 14.9. The van der Waals surface area contributed by atoms with Crippen LogP contribution in [-0.4, -0.2) is 42.3 Å². The number of para-hydroxylation sites is 2. The van der Waals surface area contributed by atoms with E-state index in [4.69, 9.17) is 4.74 Å². The zero-order valence-corrected chi connectivity index (χ0v) is 14.1. The topological polar surface area (TPSA) is 73.8 Å². The molecule has 1 saturated heterocycles. The fourth-order valence-electron chi connectivity index (χ4n) is 2.78. The molecule has 1 fully saturated rings. The molecule has 1 aliphatic rings. The van der Waals surface area contributed by atoms with Crippen molar-refractivity contribution < 1.29 is 14.6 Å². The largest absolute Gasteiger partial charge is 0.508 e. The van der Waals surface area contributed by atoms with E-state index in [9.17, 15) is 9.90 Å². The lowest BCUT2D eigenvalue weighted by Crippen LogP contribution is -2.36. The molecule has 3 N–H and O–H groups in total. The zero-order valence-electron chi connectivity index (χ0n) is 14.1. The van der Waals surface area contributed by atoms with Gasteiger partial charge in [0.25, 0.3) is 0 Å². The smallest absolute Gasteiger partial charge is 0.319 e. The maximum atomic E-state index is 12.2. The first kappa shape index (κ1) is 17.3. The SMILES string of the molecule is O=C(NCc1ccccc1O)Nc1ccccc1CN1CCOCC1. The van der Waals surface area contributed by atoms with E-state index < -0.39 is 0 Å². The average molecular weight is 341 g/mol. The van der Waals surface area contributed by atoms with Gasteiger partial charge in [-0.3, -0.25) is 4.90 Å². The van der Waals surface area contributed by atoms with Gasteiger partial charge in [-0.25, -0.2) is 4.79 Å². The van der Waals surface area contributed by atoms with Crippen molar-refractivity contribution in [2.75, 3.05) is 31.6 Å². The van der Waals surface area contributed by atoms with Gasteiger partial charge >= 0.3 is 6.03 Å². The molecule has 1 aliphatic heterocycles. The fourth-order valence-corrected chi connectivity index (χ4v) is 2.78. The van der Waals surface area contributed by atoms with Crippen molar-refractivity contribution >= 4 is 11.7 Å². The molecule has 0 aliphatic carbocycles. The van der Waals surface area contributed by atoms with E-state index in [0.717, 1.165) is 44.1 Å². The molecule has 0 unspecified atom stereocenters. The standard InChI is InChI=1S/C19H23N3O3/c23-18-8-4-2-5-15(18)13-20-19(24)21-17-7-3-1-6-16(17)14-22-9-11-25-12-10-22/h1-8,23H,9-14H2,(H2,20,21,24). The Hall–Kier alpha value is -2.57. The van der Waals surface area contributed by atoms with Gasteiger partial charge in [-0.05, 0) is 17.7 Å². The second-order valence-corrected chi connectivity index (χ2v) is 5.98. The van der Waals surface area contributed by atoms with E-state index in [-0.39, 0.29) is 18.3 Å². The zero-order chi connectivity index (χ0) is 17.5. The maximum absolute atomic E-state index is 12.2. The first-order valence-electron chi connectivity index (χ1n) is 8.42. The summed E-state index contributed by atoms with van der Waals surface area (Å²) in [7, 11) is 0. The summed E-state index contributed by atoms with van der Waals surface area (Å²) < 4.78 is 5.37. The lowest BCUT2D eigenvalue weighted by molar-refractivity contribution is 0.0343. The van der Waals surface area contributed by atoms with Gasteiger partial charge in [0.2, 0.25) is 0 Å². The van der Waals surface area contributed by atoms with Gasteiger partial charge < -0.3 is 20.5 Å². The number of hydrogen-bond donors (Lipinski definition) is 3. The van der Waals surface area contributed by atoms with Gasteiger partial charge in [0.05, 0.1) is 13.2 Å². The van der Waals surface area contributed by atoms with Crippen LogP contribution in [0.25, 0.3) is 0 Å². The molecule has 1 heterocycles. The number of aromatic hydroxyl groups is 1. The van der Waals surface area contributed by atoms with E-state index in [2.05, 4.69) is 15.5 Å². The monoisotopic (exact) mass is 341 g/mol. The van der Waals surface area contributed by atoms with Gasteiger partial charge in [0.15, 0.2) is 0 Å². The highest BCUT2D eigenvalue weighted by molar-refractivity contribution is 5.90. The minimum atomic E-state index is -0.294. The summed E-state index contributed by atoms with van der Waals surface area (Å²) in [6.07, 6.45) is 0. The van der Waals surface area contributed by atoms with Crippen molar-refractivity contribution in [1.82, 2.24) is 10.2 Å². The summed E-state index contributed by atoms with van der Waals surface area (Å²) in [5.74, 6) is 0.176. The number of nitrogens with one attached hydrogen (secondary N) is 2. The summed E-state index contributed by atoms with van der Waals surface area (Å²) in [4.78, 5) is 14.5. The van der Waals surface area contributed by atoms with Crippen LogP contribution >= 0.6 is 0 Å². The Kier molecular flexibility index (Phi) is 5.87. The average Bonchev–Trinajstić information content (AvgIpc) is 2.64. The molecule has 0 radical (unpaired) electrons. The second kappa shape index (κ2) is 8.50. The third kappa shape index (κ3) is 4.95. The highest BCUT2D eigenvalue weighted by Gasteiger charge is 2.13. The van der Waals surface area contributed by atoms with Gasteiger partial charge in [-0.1, -0.05) is 36.4 Å². The Morgan fingerprint density at radius 2 is 1.72 bits per heavy atom. The van der Waals surface area contributed by atoms with Crippen molar-refractivity contribution in [3.63, 3.8) is 0 Å². The molecule has 6 heteroatoms. The summed E-state index contributed by atoms with van der Waals surface area (Å²) in [5.41, 5.74) is 2.55. The number of anilines is 1. The van der Waals surface area contributed by atoms with Crippen molar-refractivity contribution in [1.29, 1.82) is 0 Å². The first-order valence-corrected chi connectivity index (χ1v) is 8.42. The molecule has 0 spiro atoms. The number of amides is 2. The Labute approximate surface area is 147 Å². The number of phenolic OH excluding ortho intramolecular Hbond substituents is 1. The predicted molar refractivity (Wildman–Crippen MR) is 96.5 cm³/mol. The number of carbonyl (C=O) groups is 1. The van der Waals surface area contributed by atoms with E-state index in [1.807, 2.05) is 30.3 Å². The highest BCUT2D eigenvalue weighted by Crippen LogP contribution is 2.18. The number of carbonyl (C=O) groups excluding carboxylic acids is 1. The molecule has 25 heavy (non-hydrogen) atoms. The van der Waals surface area contributed by atoms with Gasteiger partial charge in [-0.2, -0.15) is 0 Å². The molecule has 2 amide bonds. The van der Waals surface area contributed by atoms with Crippen LogP contribution in [-0.2, 0) is 17.8 Å². The van der Waals surface area contributed by atoms with Crippen LogP contribution in [0.5, 0.6) is 5.75 Å². The van der Waals surface area contributed by atoms with E-state index in [1.165, 1.54) is 0 Å². The Balaban J connectivity index is 1.58. The van der Waals surface area contributed by atoms with Gasteiger partial charge in [0, 0.05) is 37.4 Å². The lowest BCUT2D eigenvalue weighted by Gasteiger charge is -2.27. The number of phenols is 1. The fraction of sp³-hybridized carbons (Fsp3) is 0.316. The number of rotatable bonds is 5. The minimum absolute atomic E-state index is 0.176. The molecule has 2 aromatic rings. The molecular weight excluding hydrogens is 318 g/mol. The molecular formula is C19H23N3O3. The van der Waals surface area contributed by atoms with Crippen molar-refractivity contribution in [3.05, 3.63) is 59.7 Å². The molecule has 3 rings (SSSR count). The number of urea groups is 1. The summed E-state index contributed by atoms with van der Waals surface area (Å²) in [6.45, 7) is 4.33.